The lowest BCUT2D eigenvalue weighted by Crippen LogP contribution is -2.35. The number of pyridine rings is 1. The molecule has 1 aromatic heterocycles. The molecule has 2 aromatic carbocycles. The summed E-state index contributed by atoms with van der Waals surface area (Å²) in [6, 6.07) is 13.9. The van der Waals surface area contributed by atoms with E-state index in [4.69, 9.17) is 9.47 Å². The lowest BCUT2D eigenvalue weighted by Gasteiger charge is -2.29. The van der Waals surface area contributed by atoms with Crippen molar-refractivity contribution in [3.63, 3.8) is 0 Å². The number of ether oxygens (including phenoxy) is 2. The fourth-order valence-electron chi connectivity index (χ4n) is 3.80. The molecule has 0 unspecified atom stereocenters. The van der Waals surface area contributed by atoms with Crippen LogP contribution in [-0.2, 0) is 14.3 Å². The predicted molar refractivity (Wildman–Crippen MR) is 121 cm³/mol. The summed E-state index contributed by atoms with van der Waals surface area (Å²) in [4.78, 5) is 13.1. The SMILES string of the molecule is CCOC(=O)[C@@H](OC(C)(C)C)c1c(C)cc2c(ccc(C)[n+]2O)c1-c1ccc(C)cc1. The number of esters is 1. The van der Waals surface area contributed by atoms with Crippen LogP contribution in [0, 0.1) is 20.8 Å². The molecule has 3 rings (SSSR count). The molecule has 0 saturated heterocycles. The van der Waals surface area contributed by atoms with E-state index >= 15 is 0 Å². The molecule has 0 fully saturated rings. The van der Waals surface area contributed by atoms with Crippen molar-refractivity contribution in [3.8, 4) is 11.1 Å². The molecule has 0 bridgehead atoms. The highest BCUT2D eigenvalue weighted by molar-refractivity contribution is 5.98. The van der Waals surface area contributed by atoms with E-state index in [-0.39, 0.29) is 6.61 Å². The molecular formula is C26H32NO4+. The molecule has 1 heterocycles. The Morgan fingerprint density at radius 1 is 1.06 bits per heavy atom. The molecular weight excluding hydrogens is 390 g/mol. The Labute approximate surface area is 184 Å². The van der Waals surface area contributed by atoms with E-state index in [1.807, 2.05) is 84.0 Å². The minimum atomic E-state index is -0.894. The summed E-state index contributed by atoms with van der Waals surface area (Å²) in [5.74, 6) is -0.419. The van der Waals surface area contributed by atoms with Gasteiger partial charge in [0.1, 0.15) is 0 Å². The van der Waals surface area contributed by atoms with Gasteiger partial charge in [0.2, 0.25) is 5.69 Å². The number of nitrogens with zero attached hydrogens (tertiary/aromatic N) is 1. The molecule has 0 spiro atoms. The molecule has 5 heteroatoms. The number of benzene rings is 2. The molecule has 0 saturated carbocycles. The number of aromatic nitrogens is 1. The van der Waals surface area contributed by atoms with Crippen LogP contribution >= 0.6 is 0 Å². The van der Waals surface area contributed by atoms with Crippen molar-refractivity contribution in [2.75, 3.05) is 6.61 Å². The van der Waals surface area contributed by atoms with Crippen LogP contribution in [0.3, 0.4) is 0 Å². The van der Waals surface area contributed by atoms with E-state index in [2.05, 4.69) is 0 Å². The summed E-state index contributed by atoms with van der Waals surface area (Å²) in [6.07, 6.45) is -0.894. The maximum absolute atomic E-state index is 13.1. The van der Waals surface area contributed by atoms with Crippen molar-refractivity contribution in [1.29, 1.82) is 0 Å². The topological polar surface area (TPSA) is 59.6 Å². The number of hydrogen-bond acceptors (Lipinski definition) is 4. The minimum absolute atomic E-state index is 0.269. The summed E-state index contributed by atoms with van der Waals surface area (Å²) in [6.45, 7) is 13.6. The van der Waals surface area contributed by atoms with Crippen LogP contribution in [0.5, 0.6) is 0 Å². The van der Waals surface area contributed by atoms with Gasteiger partial charge in [0.05, 0.1) is 17.6 Å². The normalized spacial score (nSPS) is 12.7. The van der Waals surface area contributed by atoms with Crippen molar-refractivity contribution in [2.45, 2.75) is 60.2 Å². The highest BCUT2D eigenvalue weighted by Crippen LogP contribution is 2.40. The van der Waals surface area contributed by atoms with Crippen molar-refractivity contribution in [1.82, 2.24) is 0 Å². The zero-order valence-corrected chi connectivity index (χ0v) is 19.4. The summed E-state index contributed by atoms with van der Waals surface area (Å²) in [5.41, 5.74) is 5.39. The van der Waals surface area contributed by atoms with Gasteiger partial charge in [-0.25, -0.2) is 4.79 Å². The van der Waals surface area contributed by atoms with Crippen molar-refractivity contribution < 1.29 is 24.2 Å². The van der Waals surface area contributed by atoms with Gasteiger partial charge in [0.25, 0.3) is 5.52 Å². The maximum atomic E-state index is 13.1. The second kappa shape index (κ2) is 8.67. The zero-order valence-electron chi connectivity index (χ0n) is 19.4. The number of carbonyl (C=O) groups is 1. The highest BCUT2D eigenvalue weighted by Gasteiger charge is 2.34. The van der Waals surface area contributed by atoms with Crippen LogP contribution in [0.25, 0.3) is 22.0 Å². The van der Waals surface area contributed by atoms with E-state index in [1.54, 1.807) is 6.92 Å². The van der Waals surface area contributed by atoms with Gasteiger partial charge < -0.3 is 9.47 Å². The molecule has 0 aliphatic heterocycles. The molecule has 0 radical (unpaired) electrons. The van der Waals surface area contributed by atoms with E-state index < -0.39 is 17.7 Å². The zero-order chi connectivity index (χ0) is 22.9. The third kappa shape index (κ3) is 4.72. The Morgan fingerprint density at radius 2 is 1.71 bits per heavy atom. The smallest absolute Gasteiger partial charge is 0.339 e. The summed E-state index contributed by atoms with van der Waals surface area (Å²) in [7, 11) is 0. The number of fused-ring (bicyclic) bond motifs is 1. The first-order chi connectivity index (χ1) is 14.5. The molecule has 1 N–H and O–H groups in total. The Hall–Kier alpha value is -2.92. The Morgan fingerprint density at radius 3 is 2.29 bits per heavy atom. The summed E-state index contributed by atoms with van der Waals surface area (Å²) < 4.78 is 12.9. The fraction of sp³-hybridized carbons (Fsp3) is 0.385. The molecule has 0 aliphatic carbocycles. The van der Waals surface area contributed by atoms with Crippen LogP contribution in [0.4, 0.5) is 0 Å². The third-order valence-corrected chi connectivity index (χ3v) is 5.22. The van der Waals surface area contributed by atoms with E-state index in [9.17, 15) is 10.0 Å². The summed E-state index contributed by atoms with van der Waals surface area (Å²) in [5, 5.41) is 11.5. The minimum Gasteiger partial charge on any atom is -0.464 e. The average Bonchev–Trinajstić information content (AvgIpc) is 2.69. The molecule has 5 nitrogen and oxygen atoms in total. The average molecular weight is 423 g/mol. The first-order valence-electron chi connectivity index (χ1n) is 10.6. The van der Waals surface area contributed by atoms with Gasteiger partial charge in [-0.2, -0.15) is 0 Å². The lowest BCUT2D eigenvalue weighted by molar-refractivity contribution is -0.888. The first-order valence-corrected chi connectivity index (χ1v) is 10.6. The van der Waals surface area contributed by atoms with Gasteiger partial charge in [-0.05, 0) is 58.7 Å². The molecule has 164 valence electrons. The Balaban J connectivity index is 2.42. The van der Waals surface area contributed by atoms with Gasteiger partial charge in [-0.1, -0.05) is 29.8 Å². The number of aryl methyl sites for hydroxylation is 3. The van der Waals surface area contributed by atoms with Crippen molar-refractivity contribution in [3.05, 3.63) is 64.8 Å². The molecule has 0 aliphatic rings. The lowest BCUT2D eigenvalue weighted by atomic mass is 9.88. The number of carbonyl (C=O) groups excluding carboxylic acids is 1. The summed E-state index contributed by atoms with van der Waals surface area (Å²) >= 11 is 0. The predicted octanol–water partition coefficient (Wildman–Crippen LogP) is 5.38. The van der Waals surface area contributed by atoms with Gasteiger partial charge in [0, 0.05) is 34.9 Å². The van der Waals surface area contributed by atoms with Crippen LogP contribution in [-0.4, -0.2) is 23.4 Å². The van der Waals surface area contributed by atoms with E-state index in [0.29, 0.717) is 5.52 Å². The Kier molecular flexibility index (Phi) is 6.37. The van der Waals surface area contributed by atoms with Crippen LogP contribution in [0.2, 0.25) is 0 Å². The van der Waals surface area contributed by atoms with Crippen LogP contribution in [0.15, 0.2) is 42.5 Å². The van der Waals surface area contributed by atoms with Gasteiger partial charge in [-0.3, -0.25) is 5.21 Å². The van der Waals surface area contributed by atoms with Crippen molar-refractivity contribution in [2.24, 2.45) is 0 Å². The third-order valence-electron chi connectivity index (χ3n) is 5.22. The van der Waals surface area contributed by atoms with Gasteiger partial charge in [0.15, 0.2) is 6.10 Å². The largest absolute Gasteiger partial charge is 0.464 e. The number of hydrogen-bond donors (Lipinski definition) is 1. The standard InChI is InChI=1S/C26H32NO4/c1-8-30-25(28)24(31-26(5,6)7)22-17(3)15-21-20(14-11-18(4)27(21)29)23(22)19-12-9-16(2)10-13-19/h9-15,24,29H,8H2,1-7H3/q+1/t24-/m0/s1. The molecule has 1 atom stereocenters. The second-order valence-electron chi connectivity index (χ2n) is 8.93. The van der Waals surface area contributed by atoms with E-state index in [1.165, 1.54) is 4.73 Å². The second-order valence-corrected chi connectivity index (χ2v) is 8.93. The number of rotatable bonds is 5. The Bertz CT molecular complexity index is 1110. The fourth-order valence-corrected chi connectivity index (χ4v) is 3.80. The quantitative estimate of drug-likeness (QED) is 0.341. The van der Waals surface area contributed by atoms with Crippen LogP contribution in [0.1, 0.15) is 56.2 Å². The van der Waals surface area contributed by atoms with Gasteiger partial charge in [-0.15, -0.1) is 0 Å². The van der Waals surface area contributed by atoms with E-state index in [0.717, 1.165) is 38.9 Å². The first kappa shape index (κ1) is 22.8. The molecule has 31 heavy (non-hydrogen) atoms. The molecule has 3 aromatic rings. The monoisotopic (exact) mass is 422 g/mol. The molecule has 0 amide bonds. The maximum Gasteiger partial charge on any atom is 0.339 e. The highest BCUT2D eigenvalue weighted by atomic mass is 16.6. The van der Waals surface area contributed by atoms with Crippen molar-refractivity contribution >= 4 is 16.9 Å². The van der Waals surface area contributed by atoms with Crippen LogP contribution < -0.4 is 4.73 Å². The van der Waals surface area contributed by atoms with Gasteiger partial charge >= 0.3 is 5.97 Å².